The van der Waals surface area contributed by atoms with Crippen molar-refractivity contribution in [2.75, 3.05) is 13.6 Å². The van der Waals surface area contributed by atoms with Crippen LogP contribution in [0.3, 0.4) is 0 Å². The van der Waals surface area contributed by atoms with Gasteiger partial charge in [0.1, 0.15) is 0 Å². The third-order valence-electron chi connectivity index (χ3n) is 3.60. The molecule has 2 atom stereocenters. The first-order valence-corrected chi connectivity index (χ1v) is 5.66. The van der Waals surface area contributed by atoms with Gasteiger partial charge in [0.15, 0.2) is 5.78 Å². The lowest BCUT2D eigenvalue weighted by atomic mass is 9.91. The molecule has 3 rings (SSSR count). The molecule has 0 amide bonds. The van der Waals surface area contributed by atoms with Crippen molar-refractivity contribution in [3.8, 4) is 0 Å². The highest BCUT2D eigenvalue weighted by atomic mass is 16.1. The Hall–Kier alpha value is -0.630. The second kappa shape index (κ2) is 3.85. The van der Waals surface area contributed by atoms with Gasteiger partial charge in [-0.1, -0.05) is 13.0 Å². The molecule has 0 aromatic carbocycles. The summed E-state index contributed by atoms with van der Waals surface area (Å²) in [5.74, 6) is 1.14. The number of carbonyl (C=O) groups is 1. The summed E-state index contributed by atoms with van der Waals surface area (Å²) >= 11 is 0. The molecule has 0 N–H and O–H groups in total. The summed E-state index contributed by atoms with van der Waals surface area (Å²) in [4.78, 5) is 14.1. The zero-order valence-corrected chi connectivity index (χ0v) is 9.12. The number of rotatable bonds is 2. The Morgan fingerprint density at radius 1 is 1.57 bits per heavy atom. The zero-order chi connectivity index (χ0) is 10.1. The first-order valence-electron chi connectivity index (χ1n) is 5.66. The second-order valence-corrected chi connectivity index (χ2v) is 4.57. The van der Waals surface area contributed by atoms with Crippen LogP contribution in [0.2, 0.25) is 0 Å². The SMILES string of the molecule is CCC(=O)C1=CCC2CCC1N(C)C2. The van der Waals surface area contributed by atoms with Crippen LogP contribution < -0.4 is 0 Å². The van der Waals surface area contributed by atoms with E-state index in [1.54, 1.807) is 0 Å². The third kappa shape index (κ3) is 1.63. The van der Waals surface area contributed by atoms with Crippen LogP contribution in [0.5, 0.6) is 0 Å². The van der Waals surface area contributed by atoms with E-state index in [1.165, 1.54) is 19.4 Å². The average Bonchev–Trinajstić information content (AvgIpc) is 2.47. The number of hydrogen-bond acceptors (Lipinski definition) is 2. The molecule has 1 saturated heterocycles. The molecular formula is C12H19NO. The van der Waals surface area contributed by atoms with E-state index in [-0.39, 0.29) is 0 Å². The van der Waals surface area contributed by atoms with Crippen LogP contribution in [0.25, 0.3) is 0 Å². The summed E-state index contributed by atoms with van der Waals surface area (Å²) in [7, 11) is 2.15. The van der Waals surface area contributed by atoms with Crippen LogP contribution in [-0.4, -0.2) is 30.3 Å². The highest BCUT2D eigenvalue weighted by Gasteiger charge is 2.32. The van der Waals surface area contributed by atoms with Gasteiger partial charge in [0.2, 0.25) is 0 Å². The van der Waals surface area contributed by atoms with Crippen molar-refractivity contribution in [3.63, 3.8) is 0 Å². The Morgan fingerprint density at radius 3 is 3.00 bits per heavy atom. The second-order valence-electron chi connectivity index (χ2n) is 4.57. The minimum absolute atomic E-state index is 0.351. The van der Waals surface area contributed by atoms with Crippen LogP contribution in [0, 0.1) is 5.92 Å². The number of likely N-dealkylation sites (N-methyl/N-ethyl adjacent to an activating group) is 1. The lowest BCUT2D eigenvalue weighted by molar-refractivity contribution is -0.116. The van der Waals surface area contributed by atoms with Crippen molar-refractivity contribution >= 4 is 5.78 Å². The van der Waals surface area contributed by atoms with Crippen LogP contribution >= 0.6 is 0 Å². The predicted octanol–water partition coefficient (Wildman–Crippen LogP) is 2.01. The summed E-state index contributed by atoms with van der Waals surface area (Å²) in [6, 6.07) is 0.418. The molecule has 14 heavy (non-hydrogen) atoms. The Balaban J connectivity index is 2.23. The van der Waals surface area contributed by atoms with Crippen LogP contribution in [0.1, 0.15) is 32.6 Å². The molecule has 78 valence electrons. The normalized spacial score (nSPS) is 32.6. The van der Waals surface area contributed by atoms with Crippen LogP contribution in [0.4, 0.5) is 0 Å². The number of piperidine rings is 1. The molecule has 0 aromatic rings. The van der Waals surface area contributed by atoms with E-state index in [0.717, 1.165) is 17.9 Å². The van der Waals surface area contributed by atoms with Crippen LogP contribution in [0.15, 0.2) is 11.6 Å². The van der Waals surface area contributed by atoms with Gasteiger partial charge >= 0.3 is 0 Å². The first-order chi connectivity index (χ1) is 6.72. The molecule has 2 unspecified atom stereocenters. The molecule has 2 heterocycles. The van der Waals surface area contributed by atoms with E-state index in [2.05, 4.69) is 18.0 Å². The van der Waals surface area contributed by atoms with Gasteiger partial charge in [-0.15, -0.1) is 0 Å². The summed E-state index contributed by atoms with van der Waals surface area (Å²) in [5, 5.41) is 0. The minimum atomic E-state index is 0.351. The number of allylic oxidation sites excluding steroid dienone is 1. The molecule has 2 aliphatic heterocycles. The molecule has 0 radical (unpaired) electrons. The molecule has 2 heteroatoms. The van der Waals surface area contributed by atoms with Crippen molar-refractivity contribution in [1.29, 1.82) is 0 Å². The molecule has 2 bridgehead atoms. The fourth-order valence-corrected chi connectivity index (χ4v) is 2.76. The molecular weight excluding hydrogens is 174 g/mol. The zero-order valence-electron chi connectivity index (χ0n) is 9.12. The van der Waals surface area contributed by atoms with Gasteiger partial charge in [-0.2, -0.15) is 0 Å². The van der Waals surface area contributed by atoms with Gasteiger partial charge in [-0.3, -0.25) is 9.69 Å². The van der Waals surface area contributed by atoms with Gasteiger partial charge < -0.3 is 0 Å². The van der Waals surface area contributed by atoms with Gasteiger partial charge in [-0.05, 0) is 32.2 Å². The van der Waals surface area contributed by atoms with Crippen molar-refractivity contribution in [3.05, 3.63) is 11.6 Å². The highest BCUT2D eigenvalue weighted by molar-refractivity contribution is 5.96. The molecule has 0 aromatic heterocycles. The number of carbonyl (C=O) groups excluding carboxylic acids is 1. The van der Waals surface area contributed by atoms with E-state index in [1.807, 2.05) is 6.92 Å². The Bertz CT molecular complexity index is 269. The molecule has 1 aliphatic carbocycles. The molecule has 0 spiro atoms. The van der Waals surface area contributed by atoms with Crippen LogP contribution in [-0.2, 0) is 4.79 Å². The lowest BCUT2D eigenvalue weighted by Gasteiger charge is -2.34. The molecule has 2 nitrogen and oxygen atoms in total. The predicted molar refractivity (Wildman–Crippen MR) is 57.1 cm³/mol. The Kier molecular flexibility index (Phi) is 2.73. The number of nitrogens with zero attached hydrogens (tertiary/aromatic N) is 1. The smallest absolute Gasteiger partial charge is 0.159 e. The number of hydrogen-bond donors (Lipinski definition) is 0. The van der Waals surface area contributed by atoms with Crippen molar-refractivity contribution in [2.45, 2.75) is 38.6 Å². The first kappa shape index (κ1) is 9.91. The molecule has 0 saturated carbocycles. The van der Waals surface area contributed by atoms with E-state index in [9.17, 15) is 4.79 Å². The standard InChI is InChI=1S/C12H19NO/c1-3-12(14)10-6-4-9-5-7-11(10)13(2)8-9/h6,9,11H,3-5,7-8H2,1-2H3. The summed E-state index contributed by atoms with van der Waals surface area (Å²) in [6.45, 7) is 3.13. The fraction of sp³-hybridized carbons (Fsp3) is 0.750. The maximum atomic E-state index is 11.8. The monoisotopic (exact) mass is 193 g/mol. The third-order valence-corrected chi connectivity index (χ3v) is 3.60. The summed E-state index contributed by atoms with van der Waals surface area (Å²) in [6.07, 6.45) is 6.45. The Labute approximate surface area is 86.0 Å². The van der Waals surface area contributed by atoms with Gasteiger partial charge in [-0.25, -0.2) is 0 Å². The van der Waals surface area contributed by atoms with Crippen molar-refractivity contribution in [1.82, 2.24) is 4.90 Å². The summed E-state index contributed by atoms with van der Waals surface area (Å²) < 4.78 is 0. The van der Waals surface area contributed by atoms with Gasteiger partial charge in [0.25, 0.3) is 0 Å². The lowest BCUT2D eigenvalue weighted by Crippen LogP contribution is -2.41. The Morgan fingerprint density at radius 2 is 2.36 bits per heavy atom. The highest BCUT2D eigenvalue weighted by Crippen LogP contribution is 2.32. The maximum absolute atomic E-state index is 11.8. The largest absolute Gasteiger partial charge is 0.299 e. The molecule has 1 fully saturated rings. The fourth-order valence-electron chi connectivity index (χ4n) is 2.76. The quantitative estimate of drug-likeness (QED) is 0.668. The van der Waals surface area contributed by atoms with E-state index in [4.69, 9.17) is 0 Å². The number of fused-ring (bicyclic) bond motifs is 3. The average molecular weight is 193 g/mol. The van der Waals surface area contributed by atoms with Crippen molar-refractivity contribution < 1.29 is 4.79 Å². The van der Waals surface area contributed by atoms with E-state index >= 15 is 0 Å². The van der Waals surface area contributed by atoms with E-state index < -0.39 is 0 Å². The van der Waals surface area contributed by atoms with Gasteiger partial charge in [0, 0.05) is 24.6 Å². The molecule has 3 aliphatic rings. The van der Waals surface area contributed by atoms with Gasteiger partial charge in [0.05, 0.1) is 0 Å². The number of Topliss-reactive ketones (excluding diaryl/α,β-unsaturated/α-hetero) is 1. The number of ketones is 1. The maximum Gasteiger partial charge on any atom is 0.159 e. The minimum Gasteiger partial charge on any atom is -0.299 e. The van der Waals surface area contributed by atoms with Crippen molar-refractivity contribution in [2.24, 2.45) is 5.92 Å². The topological polar surface area (TPSA) is 20.3 Å². The van der Waals surface area contributed by atoms with E-state index in [0.29, 0.717) is 18.2 Å². The summed E-state index contributed by atoms with van der Waals surface area (Å²) in [5.41, 5.74) is 1.09.